The van der Waals surface area contributed by atoms with E-state index < -0.39 is 0 Å². The first kappa shape index (κ1) is 13.4. The summed E-state index contributed by atoms with van der Waals surface area (Å²) in [4.78, 5) is 2.57. The van der Waals surface area contributed by atoms with Gasteiger partial charge in [-0.3, -0.25) is 9.58 Å². The summed E-state index contributed by atoms with van der Waals surface area (Å²) in [7, 11) is 2.03. The SMILES string of the molecule is Cc1ccccc1C1CCCN(Cc2ccnn2C)C1. The van der Waals surface area contributed by atoms with Crippen molar-refractivity contribution in [2.45, 2.75) is 32.2 Å². The summed E-state index contributed by atoms with van der Waals surface area (Å²) in [5.41, 5.74) is 4.26. The van der Waals surface area contributed by atoms with Crippen molar-refractivity contribution < 1.29 is 0 Å². The van der Waals surface area contributed by atoms with Crippen LogP contribution in [0.1, 0.15) is 35.6 Å². The van der Waals surface area contributed by atoms with Crippen LogP contribution in [-0.2, 0) is 13.6 Å². The van der Waals surface area contributed by atoms with Crippen LogP contribution >= 0.6 is 0 Å². The first-order valence-electron chi connectivity index (χ1n) is 7.49. The van der Waals surface area contributed by atoms with Gasteiger partial charge in [0.25, 0.3) is 0 Å². The summed E-state index contributed by atoms with van der Waals surface area (Å²) < 4.78 is 1.98. The van der Waals surface area contributed by atoms with Crippen LogP contribution in [0, 0.1) is 6.92 Å². The van der Waals surface area contributed by atoms with Gasteiger partial charge in [0.05, 0.1) is 5.69 Å². The number of rotatable bonds is 3. The van der Waals surface area contributed by atoms with E-state index >= 15 is 0 Å². The van der Waals surface area contributed by atoms with E-state index in [1.165, 1.54) is 36.2 Å². The second-order valence-corrected chi connectivity index (χ2v) is 5.88. The smallest absolute Gasteiger partial charge is 0.0521 e. The topological polar surface area (TPSA) is 21.1 Å². The molecule has 3 heteroatoms. The third kappa shape index (κ3) is 2.78. The Hall–Kier alpha value is -1.61. The zero-order valence-corrected chi connectivity index (χ0v) is 12.4. The maximum Gasteiger partial charge on any atom is 0.0521 e. The Balaban J connectivity index is 1.71. The molecule has 1 atom stereocenters. The van der Waals surface area contributed by atoms with Gasteiger partial charge in [0, 0.05) is 26.3 Å². The van der Waals surface area contributed by atoms with Gasteiger partial charge >= 0.3 is 0 Å². The fraction of sp³-hybridized carbons (Fsp3) is 0.471. The molecule has 1 unspecified atom stereocenters. The van der Waals surface area contributed by atoms with E-state index in [1.807, 2.05) is 17.9 Å². The van der Waals surface area contributed by atoms with Gasteiger partial charge in [-0.15, -0.1) is 0 Å². The summed E-state index contributed by atoms with van der Waals surface area (Å²) in [5.74, 6) is 0.679. The molecule has 1 aliphatic heterocycles. The molecule has 1 aromatic carbocycles. The summed E-state index contributed by atoms with van der Waals surface area (Å²) >= 11 is 0. The molecule has 2 aromatic rings. The Morgan fingerprint density at radius 1 is 1.25 bits per heavy atom. The van der Waals surface area contributed by atoms with Crippen molar-refractivity contribution in [3.8, 4) is 0 Å². The Morgan fingerprint density at radius 2 is 2.10 bits per heavy atom. The Labute approximate surface area is 121 Å². The molecule has 1 fully saturated rings. The molecule has 1 aromatic heterocycles. The predicted molar refractivity (Wildman–Crippen MR) is 81.6 cm³/mol. The lowest BCUT2D eigenvalue weighted by molar-refractivity contribution is 0.195. The van der Waals surface area contributed by atoms with Crippen molar-refractivity contribution in [3.63, 3.8) is 0 Å². The van der Waals surface area contributed by atoms with Crippen LogP contribution in [0.5, 0.6) is 0 Å². The van der Waals surface area contributed by atoms with E-state index in [2.05, 4.69) is 47.3 Å². The number of aromatic nitrogens is 2. The number of benzene rings is 1. The van der Waals surface area contributed by atoms with Gasteiger partial charge in [0.1, 0.15) is 0 Å². The molecule has 1 aliphatic rings. The van der Waals surface area contributed by atoms with Crippen molar-refractivity contribution >= 4 is 0 Å². The van der Waals surface area contributed by atoms with Crippen LogP contribution in [0.4, 0.5) is 0 Å². The molecule has 3 nitrogen and oxygen atoms in total. The molecule has 0 radical (unpaired) electrons. The van der Waals surface area contributed by atoms with Crippen LogP contribution in [-0.4, -0.2) is 27.8 Å². The van der Waals surface area contributed by atoms with E-state index in [1.54, 1.807) is 0 Å². The first-order valence-corrected chi connectivity index (χ1v) is 7.49. The molecule has 0 N–H and O–H groups in total. The standard InChI is InChI=1S/C17H23N3/c1-14-6-3-4-8-17(14)15-7-5-11-20(12-15)13-16-9-10-18-19(16)2/h3-4,6,8-10,15H,5,7,11-13H2,1-2H3. The lowest BCUT2D eigenvalue weighted by atomic mass is 9.88. The van der Waals surface area contributed by atoms with E-state index in [0.717, 1.165) is 13.1 Å². The Morgan fingerprint density at radius 3 is 2.85 bits per heavy atom. The summed E-state index contributed by atoms with van der Waals surface area (Å²) in [6.45, 7) is 5.61. The molecular formula is C17H23N3. The normalized spacial score (nSPS) is 20.2. The second kappa shape index (κ2) is 5.80. The van der Waals surface area contributed by atoms with Gasteiger partial charge in [0.15, 0.2) is 0 Å². The van der Waals surface area contributed by atoms with E-state index in [-0.39, 0.29) is 0 Å². The summed E-state index contributed by atoms with van der Waals surface area (Å²) in [6, 6.07) is 11.0. The zero-order chi connectivity index (χ0) is 13.9. The fourth-order valence-corrected chi connectivity index (χ4v) is 3.28. The predicted octanol–water partition coefficient (Wildman–Crippen LogP) is 3.11. The van der Waals surface area contributed by atoms with Gasteiger partial charge in [-0.05, 0) is 49.4 Å². The minimum atomic E-state index is 0.679. The van der Waals surface area contributed by atoms with Crippen LogP contribution in [0.3, 0.4) is 0 Å². The van der Waals surface area contributed by atoms with Gasteiger partial charge in [0.2, 0.25) is 0 Å². The largest absolute Gasteiger partial charge is 0.297 e. The van der Waals surface area contributed by atoms with Crippen molar-refractivity contribution in [2.24, 2.45) is 7.05 Å². The average molecular weight is 269 g/mol. The first-order chi connectivity index (χ1) is 9.74. The second-order valence-electron chi connectivity index (χ2n) is 5.88. The number of likely N-dealkylation sites (tertiary alicyclic amines) is 1. The van der Waals surface area contributed by atoms with Crippen molar-refractivity contribution in [1.82, 2.24) is 14.7 Å². The van der Waals surface area contributed by atoms with Crippen LogP contribution in [0.2, 0.25) is 0 Å². The zero-order valence-electron chi connectivity index (χ0n) is 12.4. The number of hydrogen-bond acceptors (Lipinski definition) is 2. The highest BCUT2D eigenvalue weighted by molar-refractivity contribution is 5.29. The molecule has 2 heterocycles. The third-order valence-electron chi connectivity index (χ3n) is 4.44. The van der Waals surface area contributed by atoms with E-state index in [9.17, 15) is 0 Å². The summed E-state index contributed by atoms with van der Waals surface area (Å²) in [5, 5.41) is 4.26. The van der Waals surface area contributed by atoms with E-state index in [4.69, 9.17) is 0 Å². The summed E-state index contributed by atoms with van der Waals surface area (Å²) in [6.07, 6.45) is 4.49. The Bertz CT molecular complexity index is 573. The lowest BCUT2D eigenvalue weighted by Gasteiger charge is -2.33. The van der Waals surface area contributed by atoms with Crippen LogP contribution < -0.4 is 0 Å². The van der Waals surface area contributed by atoms with Crippen molar-refractivity contribution in [3.05, 3.63) is 53.3 Å². The number of nitrogens with zero attached hydrogens (tertiary/aromatic N) is 3. The van der Waals surface area contributed by atoms with Crippen LogP contribution in [0.15, 0.2) is 36.5 Å². The molecule has 3 rings (SSSR count). The highest BCUT2D eigenvalue weighted by atomic mass is 15.3. The molecule has 1 saturated heterocycles. The highest BCUT2D eigenvalue weighted by Crippen LogP contribution is 2.29. The van der Waals surface area contributed by atoms with Crippen LogP contribution in [0.25, 0.3) is 0 Å². The van der Waals surface area contributed by atoms with Crippen molar-refractivity contribution in [2.75, 3.05) is 13.1 Å². The highest BCUT2D eigenvalue weighted by Gasteiger charge is 2.22. The molecule has 20 heavy (non-hydrogen) atoms. The van der Waals surface area contributed by atoms with Gasteiger partial charge in [-0.25, -0.2) is 0 Å². The lowest BCUT2D eigenvalue weighted by Crippen LogP contribution is -2.34. The number of hydrogen-bond donors (Lipinski definition) is 0. The molecule has 0 bridgehead atoms. The van der Waals surface area contributed by atoms with Gasteiger partial charge in [-0.2, -0.15) is 5.10 Å². The van der Waals surface area contributed by atoms with Crippen molar-refractivity contribution in [1.29, 1.82) is 0 Å². The molecular weight excluding hydrogens is 246 g/mol. The molecule has 0 amide bonds. The molecule has 0 spiro atoms. The quantitative estimate of drug-likeness (QED) is 0.853. The third-order valence-corrected chi connectivity index (χ3v) is 4.44. The Kier molecular flexibility index (Phi) is 3.88. The van der Waals surface area contributed by atoms with Gasteiger partial charge < -0.3 is 0 Å². The maximum atomic E-state index is 4.26. The average Bonchev–Trinajstić information content (AvgIpc) is 2.85. The molecule has 106 valence electrons. The molecule has 0 saturated carbocycles. The molecule has 0 aliphatic carbocycles. The minimum Gasteiger partial charge on any atom is -0.297 e. The number of piperidine rings is 1. The van der Waals surface area contributed by atoms with Gasteiger partial charge in [-0.1, -0.05) is 24.3 Å². The minimum absolute atomic E-state index is 0.679. The van der Waals surface area contributed by atoms with E-state index in [0.29, 0.717) is 5.92 Å². The number of aryl methyl sites for hydroxylation is 2. The fourth-order valence-electron chi connectivity index (χ4n) is 3.28. The monoisotopic (exact) mass is 269 g/mol. The maximum absolute atomic E-state index is 4.26.